The smallest absolute Gasteiger partial charge is 0.372 e. The number of hydrogen-bond donors (Lipinski definition) is 1. The van der Waals surface area contributed by atoms with Gasteiger partial charge in [0.2, 0.25) is 5.76 Å². The summed E-state index contributed by atoms with van der Waals surface area (Å²) in [6.45, 7) is 4.35. The quantitative estimate of drug-likeness (QED) is 0.882. The van der Waals surface area contributed by atoms with Gasteiger partial charge in [0.15, 0.2) is 0 Å². The van der Waals surface area contributed by atoms with Crippen LogP contribution >= 0.6 is 0 Å². The third-order valence-corrected chi connectivity index (χ3v) is 2.76. The molecule has 1 N–H and O–H groups in total. The van der Waals surface area contributed by atoms with Crippen LogP contribution in [0.15, 0.2) is 22.9 Å². The maximum absolute atomic E-state index is 10.9. The zero-order chi connectivity index (χ0) is 13.1. The van der Waals surface area contributed by atoms with Crippen molar-refractivity contribution in [1.29, 1.82) is 0 Å². The Labute approximate surface area is 105 Å². The third kappa shape index (κ3) is 2.45. The highest BCUT2D eigenvalue weighted by molar-refractivity contribution is 5.86. The van der Waals surface area contributed by atoms with Gasteiger partial charge in [-0.05, 0) is 19.4 Å². The molecule has 0 unspecified atom stereocenters. The van der Waals surface area contributed by atoms with Crippen molar-refractivity contribution in [1.82, 2.24) is 9.55 Å². The minimum absolute atomic E-state index is 0.0159. The molecule has 0 amide bonds. The number of aryl methyl sites for hydroxylation is 2. The number of imidazole rings is 1. The molecule has 0 aromatic carbocycles. The summed E-state index contributed by atoms with van der Waals surface area (Å²) in [5.74, 6) is 0.615. The van der Waals surface area contributed by atoms with Crippen molar-refractivity contribution in [2.75, 3.05) is 0 Å². The van der Waals surface area contributed by atoms with Crippen LogP contribution in [0.5, 0.6) is 0 Å². The molecule has 0 bridgehead atoms. The Kier molecular flexibility index (Phi) is 3.50. The van der Waals surface area contributed by atoms with Gasteiger partial charge in [-0.3, -0.25) is 0 Å². The molecule has 0 aliphatic heterocycles. The molecule has 5 heteroatoms. The van der Waals surface area contributed by atoms with E-state index in [1.807, 2.05) is 10.8 Å². The highest BCUT2D eigenvalue weighted by Gasteiger charge is 2.15. The van der Waals surface area contributed by atoms with Gasteiger partial charge in [0, 0.05) is 24.4 Å². The third-order valence-electron chi connectivity index (χ3n) is 2.76. The van der Waals surface area contributed by atoms with E-state index in [9.17, 15) is 4.79 Å². The Morgan fingerprint density at radius 1 is 1.56 bits per heavy atom. The minimum atomic E-state index is -1.03. The van der Waals surface area contributed by atoms with E-state index < -0.39 is 5.97 Å². The number of hydrogen-bond acceptors (Lipinski definition) is 3. The van der Waals surface area contributed by atoms with Gasteiger partial charge >= 0.3 is 5.97 Å². The van der Waals surface area contributed by atoms with E-state index in [0.29, 0.717) is 17.9 Å². The molecule has 5 nitrogen and oxygen atoms in total. The van der Waals surface area contributed by atoms with Crippen LogP contribution in [0.1, 0.15) is 41.0 Å². The van der Waals surface area contributed by atoms with E-state index in [1.165, 1.54) is 0 Å². The number of furan rings is 1. The summed E-state index contributed by atoms with van der Waals surface area (Å²) in [4.78, 5) is 15.2. The van der Waals surface area contributed by atoms with Gasteiger partial charge in [0.05, 0.1) is 6.54 Å². The van der Waals surface area contributed by atoms with Gasteiger partial charge < -0.3 is 14.1 Å². The summed E-state index contributed by atoms with van der Waals surface area (Å²) >= 11 is 0. The number of rotatable bonds is 5. The van der Waals surface area contributed by atoms with Gasteiger partial charge in [-0.15, -0.1) is 0 Å². The number of carboxylic acids is 1. The zero-order valence-corrected chi connectivity index (χ0v) is 10.5. The van der Waals surface area contributed by atoms with Crippen molar-refractivity contribution in [3.8, 4) is 0 Å². The summed E-state index contributed by atoms with van der Waals surface area (Å²) < 4.78 is 7.31. The summed E-state index contributed by atoms with van der Waals surface area (Å²) in [5, 5.41) is 8.93. The van der Waals surface area contributed by atoms with Crippen LogP contribution in [0.3, 0.4) is 0 Å². The molecule has 96 valence electrons. The Bertz CT molecular complexity index is 554. The van der Waals surface area contributed by atoms with E-state index in [2.05, 4.69) is 11.9 Å². The number of carboxylic acid groups (broad SMARTS) is 1. The largest absolute Gasteiger partial charge is 0.475 e. The number of nitrogens with zero attached hydrogens (tertiary/aromatic N) is 2. The molecule has 0 radical (unpaired) electrons. The number of aromatic nitrogens is 2. The molecule has 0 atom stereocenters. The van der Waals surface area contributed by atoms with E-state index >= 15 is 0 Å². The molecular formula is C13H16N2O3. The maximum atomic E-state index is 10.9. The Morgan fingerprint density at radius 2 is 2.33 bits per heavy atom. The second-order valence-corrected chi connectivity index (χ2v) is 4.25. The first-order valence-corrected chi connectivity index (χ1v) is 5.94. The van der Waals surface area contributed by atoms with Gasteiger partial charge in [0.1, 0.15) is 11.6 Å². The fourth-order valence-corrected chi connectivity index (χ4v) is 1.94. The lowest BCUT2D eigenvalue weighted by atomic mass is 10.2. The maximum Gasteiger partial charge on any atom is 0.372 e. The molecule has 0 saturated heterocycles. The normalized spacial score (nSPS) is 10.8. The average molecular weight is 248 g/mol. The van der Waals surface area contributed by atoms with Crippen molar-refractivity contribution in [2.45, 2.75) is 33.2 Å². The Morgan fingerprint density at radius 3 is 2.94 bits per heavy atom. The van der Waals surface area contributed by atoms with Crippen molar-refractivity contribution in [3.05, 3.63) is 41.4 Å². The van der Waals surface area contributed by atoms with Crippen molar-refractivity contribution in [3.63, 3.8) is 0 Å². The molecule has 0 aliphatic rings. The molecule has 2 aromatic heterocycles. The van der Waals surface area contributed by atoms with Gasteiger partial charge in [0.25, 0.3) is 0 Å². The lowest BCUT2D eigenvalue weighted by Crippen LogP contribution is -2.03. The average Bonchev–Trinajstić information content (AvgIpc) is 2.87. The predicted molar refractivity (Wildman–Crippen MR) is 65.7 cm³/mol. The highest BCUT2D eigenvalue weighted by Crippen LogP contribution is 2.16. The molecule has 0 fully saturated rings. The monoisotopic (exact) mass is 248 g/mol. The van der Waals surface area contributed by atoms with E-state index in [1.54, 1.807) is 19.2 Å². The van der Waals surface area contributed by atoms with Crippen LogP contribution in [0, 0.1) is 6.92 Å². The fraction of sp³-hybridized carbons (Fsp3) is 0.385. The van der Waals surface area contributed by atoms with Crippen molar-refractivity contribution < 1.29 is 14.3 Å². The second-order valence-electron chi connectivity index (χ2n) is 4.25. The van der Waals surface area contributed by atoms with Crippen molar-refractivity contribution >= 4 is 5.97 Å². The Balaban J connectivity index is 2.21. The second kappa shape index (κ2) is 5.08. The summed E-state index contributed by atoms with van der Waals surface area (Å²) in [7, 11) is 0. The summed E-state index contributed by atoms with van der Waals surface area (Å²) in [5.41, 5.74) is 0.648. The van der Waals surface area contributed by atoms with Gasteiger partial charge in [-0.1, -0.05) is 6.92 Å². The minimum Gasteiger partial charge on any atom is -0.475 e. The predicted octanol–water partition coefficient (Wildman–Crippen LogP) is 2.48. The number of carbonyl (C=O) groups is 1. The van der Waals surface area contributed by atoms with E-state index in [4.69, 9.17) is 9.52 Å². The topological polar surface area (TPSA) is 68.3 Å². The van der Waals surface area contributed by atoms with Crippen molar-refractivity contribution in [2.24, 2.45) is 0 Å². The molecule has 18 heavy (non-hydrogen) atoms. The van der Waals surface area contributed by atoms with Crippen LogP contribution in [0.2, 0.25) is 0 Å². The molecule has 0 spiro atoms. The van der Waals surface area contributed by atoms with Crippen LogP contribution in [0.25, 0.3) is 0 Å². The van der Waals surface area contributed by atoms with Crippen LogP contribution in [-0.2, 0) is 13.0 Å². The van der Waals surface area contributed by atoms with Gasteiger partial charge in [-0.25, -0.2) is 9.78 Å². The first-order chi connectivity index (χ1) is 8.61. The lowest BCUT2D eigenvalue weighted by molar-refractivity contribution is 0.0659. The molecule has 0 saturated carbocycles. The Hall–Kier alpha value is -2.04. The SMILES string of the molecule is CCCc1nccn1Cc1cc(C)c(C(=O)O)o1. The lowest BCUT2D eigenvalue weighted by Gasteiger charge is -2.04. The first kappa shape index (κ1) is 12.4. The zero-order valence-electron chi connectivity index (χ0n) is 10.5. The molecule has 2 aromatic rings. The van der Waals surface area contributed by atoms with E-state index in [-0.39, 0.29) is 5.76 Å². The fourth-order valence-electron chi connectivity index (χ4n) is 1.94. The molecular weight excluding hydrogens is 232 g/mol. The summed E-state index contributed by atoms with van der Waals surface area (Å²) in [6, 6.07) is 1.76. The van der Waals surface area contributed by atoms with E-state index in [0.717, 1.165) is 18.7 Å². The summed E-state index contributed by atoms with van der Waals surface area (Å²) in [6.07, 6.45) is 5.55. The van der Waals surface area contributed by atoms with Gasteiger partial charge in [-0.2, -0.15) is 0 Å². The molecule has 2 heterocycles. The van der Waals surface area contributed by atoms with Crippen LogP contribution in [-0.4, -0.2) is 20.6 Å². The standard InChI is InChI=1S/C13H16N2O3/c1-3-4-11-14-5-6-15(11)8-10-7-9(2)12(18-10)13(16)17/h5-7H,3-4,8H2,1-2H3,(H,16,17). The first-order valence-electron chi connectivity index (χ1n) is 5.94. The van der Waals surface area contributed by atoms with Crippen LogP contribution in [0.4, 0.5) is 0 Å². The molecule has 0 aliphatic carbocycles. The molecule has 2 rings (SSSR count). The highest BCUT2D eigenvalue weighted by atomic mass is 16.4. The van der Waals surface area contributed by atoms with Crippen LogP contribution < -0.4 is 0 Å². The number of aromatic carboxylic acids is 1.